The Morgan fingerprint density at radius 1 is 1.13 bits per heavy atom. The van der Waals surface area contributed by atoms with Gasteiger partial charge in [-0.3, -0.25) is 0 Å². The zero-order valence-corrected chi connectivity index (χ0v) is 10.1. The SMILES string of the molecule is Cc1cc(C)c(N2C=CNC2)c(C)c1.[Cl-]. The number of rotatable bonds is 1. The second-order valence-corrected chi connectivity index (χ2v) is 3.90. The number of benzene rings is 1. The van der Waals surface area contributed by atoms with Gasteiger partial charge in [-0.2, -0.15) is 0 Å². The third-order valence-electron chi connectivity index (χ3n) is 2.56. The van der Waals surface area contributed by atoms with Crippen molar-refractivity contribution in [3.63, 3.8) is 0 Å². The number of aryl methyl sites for hydroxylation is 3. The molecule has 2 nitrogen and oxygen atoms in total. The lowest BCUT2D eigenvalue weighted by molar-refractivity contribution is -0.00000306. The summed E-state index contributed by atoms with van der Waals surface area (Å²) in [5.74, 6) is 0. The molecule has 0 bridgehead atoms. The molecule has 0 atom stereocenters. The first kappa shape index (κ1) is 11.9. The van der Waals surface area contributed by atoms with Gasteiger partial charge in [0.25, 0.3) is 0 Å². The number of hydrogen-bond acceptors (Lipinski definition) is 2. The molecule has 3 heteroatoms. The Hall–Kier alpha value is -1.15. The van der Waals surface area contributed by atoms with Crippen molar-refractivity contribution in [3.8, 4) is 0 Å². The van der Waals surface area contributed by atoms with Crippen LogP contribution in [0.4, 0.5) is 5.69 Å². The Bertz CT molecular complexity index is 362. The number of nitrogens with zero attached hydrogens (tertiary/aromatic N) is 1. The molecule has 2 rings (SSSR count). The van der Waals surface area contributed by atoms with Gasteiger partial charge in [0.2, 0.25) is 0 Å². The molecule has 0 aliphatic carbocycles. The highest BCUT2D eigenvalue weighted by atomic mass is 35.5. The summed E-state index contributed by atoms with van der Waals surface area (Å²) >= 11 is 0. The van der Waals surface area contributed by atoms with Gasteiger partial charge in [-0.05, 0) is 31.9 Å². The average molecular weight is 224 g/mol. The average Bonchev–Trinajstić information content (AvgIpc) is 2.54. The highest BCUT2D eigenvalue weighted by Crippen LogP contribution is 2.26. The Morgan fingerprint density at radius 3 is 2.20 bits per heavy atom. The van der Waals surface area contributed by atoms with Gasteiger partial charge in [0, 0.05) is 18.1 Å². The van der Waals surface area contributed by atoms with Gasteiger partial charge < -0.3 is 22.6 Å². The number of halogens is 1. The van der Waals surface area contributed by atoms with Gasteiger partial charge in [0.15, 0.2) is 0 Å². The molecule has 1 aliphatic rings. The summed E-state index contributed by atoms with van der Waals surface area (Å²) in [6.07, 6.45) is 4.07. The van der Waals surface area contributed by atoms with Crippen LogP contribution in [0.15, 0.2) is 24.5 Å². The van der Waals surface area contributed by atoms with E-state index in [1.807, 2.05) is 6.20 Å². The van der Waals surface area contributed by atoms with Crippen molar-refractivity contribution < 1.29 is 12.4 Å². The van der Waals surface area contributed by atoms with Crippen molar-refractivity contribution in [1.29, 1.82) is 0 Å². The maximum atomic E-state index is 3.19. The zero-order valence-electron chi connectivity index (χ0n) is 9.34. The fourth-order valence-corrected chi connectivity index (χ4v) is 2.13. The van der Waals surface area contributed by atoms with Gasteiger partial charge in [0.1, 0.15) is 0 Å². The molecule has 0 amide bonds. The molecule has 0 aromatic heterocycles. The fraction of sp³-hybridized carbons (Fsp3) is 0.333. The van der Waals surface area contributed by atoms with E-state index in [0.29, 0.717) is 0 Å². The number of nitrogens with one attached hydrogen (secondary N) is 1. The monoisotopic (exact) mass is 223 g/mol. The van der Waals surface area contributed by atoms with Gasteiger partial charge in [0.05, 0.1) is 6.67 Å². The van der Waals surface area contributed by atoms with Crippen LogP contribution in [0, 0.1) is 20.8 Å². The summed E-state index contributed by atoms with van der Waals surface area (Å²) in [6.45, 7) is 7.36. The van der Waals surface area contributed by atoms with E-state index < -0.39 is 0 Å². The van der Waals surface area contributed by atoms with Crippen molar-refractivity contribution in [2.45, 2.75) is 20.8 Å². The van der Waals surface area contributed by atoms with Gasteiger partial charge in [-0.15, -0.1) is 0 Å². The van der Waals surface area contributed by atoms with E-state index >= 15 is 0 Å². The molecule has 0 radical (unpaired) electrons. The minimum Gasteiger partial charge on any atom is -1.00 e. The standard InChI is InChI=1S/C12H16N2.ClH/c1-9-6-10(2)12(11(3)7-9)14-5-4-13-8-14;/h4-7,13H,8H2,1-3H3;1H/p-1. The fourth-order valence-electron chi connectivity index (χ4n) is 2.13. The van der Waals surface area contributed by atoms with Crippen molar-refractivity contribution >= 4 is 5.69 Å². The number of hydrogen-bond donors (Lipinski definition) is 1. The first-order valence-electron chi connectivity index (χ1n) is 4.93. The molecular weight excluding hydrogens is 208 g/mol. The molecule has 1 N–H and O–H groups in total. The van der Waals surface area contributed by atoms with Crippen LogP contribution in [0.3, 0.4) is 0 Å². The van der Waals surface area contributed by atoms with E-state index in [4.69, 9.17) is 0 Å². The van der Waals surface area contributed by atoms with Crippen molar-refractivity contribution in [1.82, 2.24) is 5.32 Å². The third kappa shape index (κ3) is 2.26. The summed E-state index contributed by atoms with van der Waals surface area (Å²) in [7, 11) is 0. The predicted octanol–water partition coefficient (Wildman–Crippen LogP) is -0.546. The second kappa shape index (κ2) is 4.58. The normalized spacial score (nSPS) is 13.7. The van der Waals surface area contributed by atoms with E-state index in [2.05, 4.69) is 49.3 Å². The summed E-state index contributed by atoms with van der Waals surface area (Å²) in [6, 6.07) is 4.46. The molecule has 1 aliphatic heterocycles. The van der Waals surface area contributed by atoms with Crippen LogP contribution in [-0.4, -0.2) is 6.67 Å². The zero-order chi connectivity index (χ0) is 10.1. The Balaban J connectivity index is 0.00000112. The maximum absolute atomic E-state index is 3.19. The molecule has 0 saturated heterocycles. The first-order valence-corrected chi connectivity index (χ1v) is 4.93. The van der Waals surface area contributed by atoms with Crippen LogP contribution in [-0.2, 0) is 0 Å². The van der Waals surface area contributed by atoms with Gasteiger partial charge in [-0.1, -0.05) is 17.7 Å². The lowest BCUT2D eigenvalue weighted by Crippen LogP contribution is -3.00. The number of anilines is 1. The van der Waals surface area contributed by atoms with E-state index in [1.165, 1.54) is 22.4 Å². The van der Waals surface area contributed by atoms with E-state index in [-0.39, 0.29) is 12.4 Å². The van der Waals surface area contributed by atoms with E-state index in [1.54, 1.807) is 0 Å². The van der Waals surface area contributed by atoms with Crippen LogP contribution < -0.4 is 22.6 Å². The van der Waals surface area contributed by atoms with Crippen molar-refractivity contribution in [2.75, 3.05) is 11.6 Å². The Kier molecular flexibility index (Phi) is 3.64. The molecule has 82 valence electrons. The molecule has 0 spiro atoms. The molecule has 0 unspecified atom stereocenters. The molecule has 1 aromatic carbocycles. The molecule has 0 saturated carbocycles. The van der Waals surface area contributed by atoms with Crippen molar-refractivity contribution in [2.24, 2.45) is 0 Å². The molecule has 1 aromatic rings. The molecule has 1 heterocycles. The summed E-state index contributed by atoms with van der Waals surface area (Å²) in [5, 5.41) is 3.19. The summed E-state index contributed by atoms with van der Waals surface area (Å²) < 4.78 is 0. The Labute approximate surface area is 97.4 Å². The lowest BCUT2D eigenvalue weighted by atomic mass is 10.0. The smallest absolute Gasteiger partial charge is 0.0916 e. The van der Waals surface area contributed by atoms with E-state index in [0.717, 1.165) is 6.67 Å². The van der Waals surface area contributed by atoms with Crippen LogP contribution in [0.5, 0.6) is 0 Å². The Morgan fingerprint density at radius 2 is 1.73 bits per heavy atom. The minimum absolute atomic E-state index is 0. The first-order chi connectivity index (χ1) is 6.68. The highest BCUT2D eigenvalue weighted by molar-refractivity contribution is 5.62. The summed E-state index contributed by atoms with van der Waals surface area (Å²) in [4.78, 5) is 2.24. The minimum atomic E-state index is 0. The van der Waals surface area contributed by atoms with Gasteiger partial charge in [-0.25, -0.2) is 0 Å². The summed E-state index contributed by atoms with van der Waals surface area (Å²) in [5.41, 5.74) is 5.35. The van der Waals surface area contributed by atoms with Gasteiger partial charge >= 0.3 is 0 Å². The van der Waals surface area contributed by atoms with Crippen LogP contribution in [0.25, 0.3) is 0 Å². The molecular formula is C12H16ClN2-. The topological polar surface area (TPSA) is 15.3 Å². The maximum Gasteiger partial charge on any atom is 0.0916 e. The van der Waals surface area contributed by atoms with E-state index in [9.17, 15) is 0 Å². The highest BCUT2D eigenvalue weighted by Gasteiger charge is 2.11. The molecule has 0 fully saturated rings. The van der Waals surface area contributed by atoms with Crippen LogP contribution in [0.1, 0.15) is 16.7 Å². The quantitative estimate of drug-likeness (QED) is 0.688. The van der Waals surface area contributed by atoms with Crippen LogP contribution in [0.2, 0.25) is 0 Å². The molecule has 15 heavy (non-hydrogen) atoms. The third-order valence-corrected chi connectivity index (χ3v) is 2.56. The predicted molar refractivity (Wildman–Crippen MR) is 60.3 cm³/mol. The largest absolute Gasteiger partial charge is 1.00 e. The lowest BCUT2D eigenvalue weighted by Gasteiger charge is -2.20. The van der Waals surface area contributed by atoms with Crippen molar-refractivity contribution in [3.05, 3.63) is 41.2 Å². The second-order valence-electron chi connectivity index (χ2n) is 3.90. The van der Waals surface area contributed by atoms with Crippen LogP contribution >= 0.6 is 0 Å².